The predicted octanol–water partition coefficient (Wildman–Crippen LogP) is 3.17. The number of rotatable bonds is 5. The number of hydrogen-bond acceptors (Lipinski definition) is 4. The maximum Gasteiger partial charge on any atom is 0.225 e. The van der Waals surface area contributed by atoms with E-state index in [9.17, 15) is 4.79 Å². The van der Waals surface area contributed by atoms with Crippen LogP contribution in [0.4, 0.5) is 11.4 Å². The number of nitrogens with zero attached hydrogens (tertiary/aromatic N) is 2. The Bertz CT molecular complexity index is 533. The van der Waals surface area contributed by atoms with Crippen molar-refractivity contribution in [2.45, 2.75) is 32.2 Å². The lowest BCUT2D eigenvalue weighted by Crippen LogP contribution is -2.46. The van der Waals surface area contributed by atoms with Crippen molar-refractivity contribution in [2.75, 3.05) is 49.5 Å². The standard InChI is InChI=1S/C18H28N4O.3ClH/c1-2-21-10-12-22(13-11-21)17-8-4-3-7-16(17)20-18(23)14-15-6-5-9-19-15;;;/h3-4,7-8,15,19H,2,5-6,9-14H2,1H3,(H,20,23);3*1H. The van der Waals surface area contributed by atoms with Crippen molar-refractivity contribution in [1.82, 2.24) is 10.2 Å². The van der Waals surface area contributed by atoms with Crippen LogP contribution in [0.15, 0.2) is 24.3 Å². The fourth-order valence-corrected chi connectivity index (χ4v) is 3.52. The highest BCUT2D eigenvalue weighted by Gasteiger charge is 2.21. The van der Waals surface area contributed by atoms with Crippen LogP contribution in [0.5, 0.6) is 0 Å². The highest BCUT2D eigenvalue weighted by molar-refractivity contribution is 5.94. The normalized spacial score (nSPS) is 19.7. The van der Waals surface area contributed by atoms with E-state index >= 15 is 0 Å². The van der Waals surface area contributed by atoms with E-state index in [2.05, 4.69) is 39.5 Å². The van der Waals surface area contributed by atoms with Crippen LogP contribution in [-0.2, 0) is 4.79 Å². The Morgan fingerprint density at radius 1 is 1.15 bits per heavy atom. The molecular weight excluding hydrogens is 395 g/mol. The molecule has 0 aromatic heterocycles. The summed E-state index contributed by atoms with van der Waals surface area (Å²) >= 11 is 0. The van der Waals surface area contributed by atoms with E-state index in [1.165, 1.54) is 6.42 Å². The van der Waals surface area contributed by atoms with Crippen LogP contribution >= 0.6 is 37.2 Å². The first kappa shape index (κ1) is 25.3. The number of benzene rings is 1. The Kier molecular flexibility index (Phi) is 12.3. The van der Waals surface area contributed by atoms with E-state index in [1.54, 1.807) is 0 Å². The second kappa shape index (κ2) is 12.6. The molecule has 2 saturated heterocycles. The number of carbonyl (C=O) groups excluding carboxylic acids is 1. The number of anilines is 2. The molecule has 1 aromatic rings. The lowest BCUT2D eigenvalue weighted by atomic mass is 10.1. The van der Waals surface area contributed by atoms with Gasteiger partial charge >= 0.3 is 0 Å². The Hall–Kier alpha value is -0.720. The Morgan fingerprint density at radius 3 is 2.46 bits per heavy atom. The summed E-state index contributed by atoms with van der Waals surface area (Å²) in [5.74, 6) is 0.115. The number of hydrogen-bond donors (Lipinski definition) is 2. The lowest BCUT2D eigenvalue weighted by molar-refractivity contribution is -0.116. The summed E-state index contributed by atoms with van der Waals surface area (Å²) < 4.78 is 0. The minimum atomic E-state index is 0. The third-order valence-electron chi connectivity index (χ3n) is 4.93. The average molecular weight is 426 g/mol. The maximum atomic E-state index is 12.3. The first-order valence-electron chi connectivity index (χ1n) is 8.86. The molecule has 0 spiro atoms. The van der Waals surface area contributed by atoms with Gasteiger partial charge in [0.05, 0.1) is 11.4 Å². The zero-order valence-electron chi connectivity index (χ0n) is 15.3. The smallest absolute Gasteiger partial charge is 0.225 e. The SMILES string of the molecule is CCN1CCN(c2ccccc2NC(=O)CC2CCCN2)CC1.Cl.Cl.Cl. The van der Waals surface area contributed by atoms with Crippen molar-refractivity contribution in [2.24, 2.45) is 0 Å². The van der Waals surface area contributed by atoms with Gasteiger partial charge in [0.1, 0.15) is 0 Å². The molecule has 2 aliphatic rings. The molecule has 5 nitrogen and oxygen atoms in total. The Balaban J connectivity index is 0.00000208. The molecule has 2 fully saturated rings. The number of para-hydroxylation sites is 2. The lowest BCUT2D eigenvalue weighted by Gasteiger charge is -2.36. The number of amides is 1. The molecule has 0 bridgehead atoms. The van der Waals surface area contributed by atoms with Crippen molar-refractivity contribution in [1.29, 1.82) is 0 Å². The van der Waals surface area contributed by atoms with E-state index in [1.807, 2.05) is 12.1 Å². The van der Waals surface area contributed by atoms with Gasteiger partial charge < -0.3 is 20.4 Å². The summed E-state index contributed by atoms with van der Waals surface area (Å²) in [6.45, 7) is 8.57. The summed E-state index contributed by atoms with van der Waals surface area (Å²) in [5.41, 5.74) is 2.09. The van der Waals surface area contributed by atoms with Gasteiger partial charge in [-0.25, -0.2) is 0 Å². The molecule has 1 amide bonds. The molecule has 1 aromatic carbocycles. The molecule has 26 heavy (non-hydrogen) atoms. The molecule has 2 N–H and O–H groups in total. The first-order valence-corrected chi connectivity index (χ1v) is 8.86. The molecule has 0 radical (unpaired) electrons. The highest BCUT2D eigenvalue weighted by atomic mass is 35.5. The van der Waals surface area contributed by atoms with E-state index in [-0.39, 0.29) is 43.1 Å². The molecule has 3 rings (SSSR count). The van der Waals surface area contributed by atoms with Crippen LogP contribution in [0.1, 0.15) is 26.2 Å². The highest BCUT2D eigenvalue weighted by Crippen LogP contribution is 2.27. The van der Waals surface area contributed by atoms with Gasteiger partial charge in [0, 0.05) is 38.6 Å². The van der Waals surface area contributed by atoms with Crippen molar-refractivity contribution >= 4 is 54.5 Å². The van der Waals surface area contributed by atoms with Crippen LogP contribution < -0.4 is 15.5 Å². The molecule has 1 atom stereocenters. The van der Waals surface area contributed by atoms with Crippen LogP contribution in [0.3, 0.4) is 0 Å². The summed E-state index contributed by atoms with van der Waals surface area (Å²) in [7, 11) is 0. The minimum Gasteiger partial charge on any atom is -0.367 e. The summed E-state index contributed by atoms with van der Waals surface area (Å²) in [5, 5.41) is 6.51. The average Bonchev–Trinajstić information content (AvgIpc) is 3.08. The zero-order valence-corrected chi connectivity index (χ0v) is 17.7. The summed E-state index contributed by atoms with van der Waals surface area (Å²) in [6.07, 6.45) is 2.85. The van der Waals surface area contributed by atoms with Gasteiger partial charge in [-0.15, -0.1) is 37.2 Å². The third-order valence-corrected chi connectivity index (χ3v) is 4.93. The molecule has 0 aliphatic carbocycles. The largest absolute Gasteiger partial charge is 0.367 e. The fourth-order valence-electron chi connectivity index (χ4n) is 3.52. The second-order valence-corrected chi connectivity index (χ2v) is 6.48. The molecule has 8 heteroatoms. The van der Waals surface area contributed by atoms with Crippen LogP contribution in [0.25, 0.3) is 0 Å². The third kappa shape index (κ3) is 6.78. The van der Waals surface area contributed by atoms with Gasteiger partial charge in [-0.05, 0) is 38.1 Å². The number of likely N-dealkylation sites (N-methyl/N-ethyl adjacent to an activating group) is 1. The van der Waals surface area contributed by atoms with Gasteiger partial charge in [-0.3, -0.25) is 4.79 Å². The second-order valence-electron chi connectivity index (χ2n) is 6.48. The van der Waals surface area contributed by atoms with Crippen LogP contribution in [0, 0.1) is 0 Å². The zero-order chi connectivity index (χ0) is 16.1. The Morgan fingerprint density at radius 2 is 1.85 bits per heavy atom. The summed E-state index contributed by atoms with van der Waals surface area (Å²) in [4.78, 5) is 17.2. The van der Waals surface area contributed by atoms with E-state index in [0.717, 1.165) is 57.1 Å². The molecule has 150 valence electrons. The maximum absolute atomic E-state index is 12.3. The van der Waals surface area contributed by atoms with Crippen molar-refractivity contribution in [3.63, 3.8) is 0 Å². The molecule has 2 aliphatic heterocycles. The number of nitrogens with one attached hydrogen (secondary N) is 2. The van der Waals surface area contributed by atoms with E-state index in [0.29, 0.717) is 12.5 Å². The molecule has 1 unspecified atom stereocenters. The van der Waals surface area contributed by atoms with Gasteiger partial charge in [-0.1, -0.05) is 19.1 Å². The van der Waals surface area contributed by atoms with Crippen LogP contribution in [0.2, 0.25) is 0 Å². The minimum absolute atomic E-state index is 0. The monoisotopic (exact) mass is 424 g/mol. The number of carbonyl (C=O) groups is 1. The van der Waals surface area contributed by atoms with Crippen molar-refractivity contribution < 1.29 is 4.79 Å². The van der Waals surface area contributed by atoms with Crippen molar-refractivity contribution in [3.8, 4) is 0 Å². The van der Waals surface area contributed by atoms with Gasteiger partial charge in [0.2, 0.25) is 5.91 Å². The van der Waals surface area contributed by atoms with Crippen LogP contribution in [-0.4, -0.2) is 56.1 Å². The predicted molar refractivity (Wildman–Crippen MR) is 117 cm³/mol. The fraction of sp³-hybridized carbons (Fsp3) is 0.611. The topological polar surface area (TPSA) is 47.6 Å². The quantitative estimate of drug-likeness (QED) is 0.760. The first-order chi connectivity index (χ1) is 11.3. The van der Waals surface area contributed by atoms with Gasteiger partial charge in [0.15, 0.2) is 0 Å². The van der Waals surface area contributed by atoms with E-state index in [4.69, 9.17) is 0 Å². The van der Waals surface area contributed by atoms with Gasteiger partial charge in [0.25, 0.3) is 0 Å². The molecule has 0 saturated carbocycles. The Labute approximate surface area is 175 Å². The summed E-state index contributed by atoms with van der Waals surface area (Å²) in [6, 6.07) is 8.52. The number of piperazine rings is 1. The van der Waals surface area contributed by atoms with E-state index < -0.39 is 0 Å². The molecular formula is C18H31Cl3N4O. The number of halogens is 3. The van der Waals surface area contributed by atoms with Gasteiger partial charge in [-0.2, -0.15) is 0 Å². The van der Waals surface area contributed by atoms with Crippen molar-refractivity contribution in [3.05, 3.63) is 24.3 Å². The molecule has 2 heterocycles.